The zero-order valence-electron chi connectivity index (χ0n) is 17.9. The number of pyridine rings is 1. The fraction of sp³-hybridized carbons (Fsp3) is 0.364. The summed E-state index contributed by atoms with van der Waals surface area (Å²) in [6, 6.07) is 13.3. The first-order valence-corrected chi connectivity index (χ1v) is 10.1. The normalized spacial score (nSPS) is 12.1. The third kappa shape index (κ3) is 5.79. The van der Waals surface area contributed by atoms with Gasteiger partial charge in [-0.3, -0.25) is 9.20 Å². The minimum absolute atomic E-state index is 0.0861. The van der Waals surface area contributed by atoms with Crippen LogP contribution in [-0.2, 0) is 13.1 Å². The molecule has 3 N–H and O–H groups in total. The van der Waals surface area contributed by atoms with Gasteiger partial charge in [0, 0.05) is 23.8 Å². The SMILES string of the molecule is CCNC(=NCc1cccc(C(=O)NC(C)(C)C)c1)NCc1nnc2ccccn12. The summed E-state index contributed by atoms with van der Waals surface area (Å²) >= 11 is 0. The maximum Gasteiger partial charge on any atom is 0.251 e. The number of nitrogens with one attached hydrogen (secondary N) is 3. The fourth-order valence-electron chi connectivity index (χ4n) is 2.91. The highest BCUT2D eigenvalue weighted by Crippen LogP contribution is 2.09. The molecule has 0 aliphatic rings. The molecule has 0 bridgehead atoms. The molecule has 30 heavy (non-hydrogen) atoms. The van der Waals surface area contributed by atoms with Crippen LogP contribution in [0, 0.1) is 0 Å². The Hall–Kier alpha value is -3.42. The number of carbonyl (C=O) groups excluding carboxylic acids is 1. The third-order valence-electron chi connectivity index (χ3n) is 4.24. The van der Waals surface area contributed by atoms with Gasteiger partial charge in [0.1, 0.15) is 0 Å². The molecule has 2 heterocycles. The standard InChI is InChI=1S/C22H29N7O/c1-5-23-21(25-15-19-28-27-18-11-6-7-12-29(18)19)24-14-16-9-8-10-17(13-16)20(30)26-22(2,3)4/h6-13H,5,14-15H2,1-4H3,(H,26,30)(H2,23,24,25). The van der Waals surface area contributed by atoms with Gasteiger partial charge in [0.05, 0.1) is 13.1 Å². The Morgan fingerprint density at radius 1 is 1.10 bits per heavy atom. The van der Waals surface area contributed by atoms with Gasteiger partial charge in [-0.05, 0) is 57.5 Å². The number of nitrogens with zero attached hydrogens (tertiary/aromatic N) is 4. The maximum absolute atomic E-state index is 12.4. The summed E-state index contributed by atoms with van der Waals surface area (Å²) < 4.78 is 1.94. The van der Waals surface area contributed by atoms with Crippen LogP contribution in [0.3, 0.4) is 0 Å². The Morgan fingerprint density at radius 2 is 1.93 bits per heavy atom. The highest BCUT2D eigenvalue weighted by atomic mass is 16.1. The Bertz CT molecular complexity index is 1030. The van der Waals surface area contributed by atoms with Crippen molar-refractivity contribution in [3.05, 3.63) is 65.6 Å². The number of benzene rings is 1. The molecule has 0 atom stereocenters. The second-order valence-electron chi connectivity index (χ2n) is 8.00. The van der Waals surface area contributed by atoms with Gasteiger partial charge in [0.2, 0.25) is 0 Å². The zero-order chi connectivity index (χ0) is 21.6. The number of guanidine groups is 1. The zero-order valence-corrected chi connectivity index (χ0v) is 17.9. The van der Waals surface area contributed by atoms with Crippen LogP contribution in [0.1, 0.15) is 49.4 Å². The summed E-state index contributed by atoms with van der Waals surface area (Å²) in [7, 11) is 0. The first-order chi connectivity index (χ1) is 14.4. The molecule has 0 aliphatic carbocycles. The van der Waals surface area contributed by atoms with E-state index < -0.39 is 0 Å². The topological polar surface area (TPSA) is 95.7 Å². The molecular formula is C22H29N7O. The second-order valence-corrected chi connectivity index (χ2v) is 8.00. The second kappa shape index (κ2) is 9.39. The van der Waals surface area contributed by atoms with Gasteiger partial charge in [0.15, 0.2) is 17.4 Å². The summed E-state index contributed by atoms with van der Waals surface area (Å²) in [5.41, 5.74) is 2.12. The van der Waals surface area contributed by atoms with Crippen molar-refractivity contribution in [2.75, 3.05) is 6.54 Å². The lowest BCUT2D eigenvalue weighted by molar-refractivity contribution is 0.0919. The van der Waals surface area contributed by atoms with Crippen molar-refractivity contribution in [2.45, 2.75) is 46.3 Å². The monoisotopic (exact) mass is 407 g/mol. The molecule has 0 unspecified atom stereocenters. The molecule has 8 heteroatoms. The molecule has 0 radical (unpaired) electrons. The van der Waals surface area contributed by atoms with E-state index in [1.54, 1.807) is 0 Å². The number of aromatic nitrogens is 3. The fourth-order valence-corrected chi connectivity index (χ4v) is 2.91. The van der Waals surface area contributed by atoms with E-state index >= 15 is 0 Å². The Labute approximate surface area is 176 Å². The summed E-state index contributed by atoms with van der Waals surface area (Å²) in [6.45, 7) is 9.59. The van der Waals surface area contributed by atoms with Crippen molar-refractivity contribution >= 4 is 17.5 Å². The molecule has 0 saturated heterocycles. The van der Waals surface area contributed by atoms with Crippen LogP contribution in [0.2, 0.25) is 0 Å². The number of rotatable bonds is 6. The number of carbonyl (C=O) groups is 1. The predicted molar refractivity (Wildman–Crippen MR) is 118 cm³/mol. The molecule has 2 aromatic heterocycles. The molecule has 3 aromatic rings. The van der Waals surface area contributed by atoms with Crippen LogP contribution in [-0.4, -0.2) is 38.5 Å². The summed E-state index contributed by atoms with van der Waals surface area (Å²) in [5.74, 6) is 1.39. The maximum atomic E-state index is 12.4. The van der Waals surface area contributed by atoms with Crippen molar-refractivity contribution < 1.29 is 4.79 Å². The van der Waals surface area contributed by atoms with Gasteiger partial charge in [0.25, 0.3) is 5.91 Å². The van der Waals surface area contributed by atoms with Crippen LogP contribution in [0.5, 0.6) is 0 Å². The van der Waals surface area contributed by atoms with Crippen LogP contribution in [0.25, 0.3) is 5.65 Å². The average Bonchev–Trinajstić information content (AvgIpc) is 3.12. The minimum atomic E-state index is -0.279. The van der Waals surface area contributed by atoms with Crippen LogP contribution in [0.15, 0.2) is 53.7 Å². The number of aliphatic imine (C=N–C) groups is 1. The van der Waals surface area contributed by atoms with Crippen LogP contribution < -0.4 is 16.0 Å². The van der Waals surface area contributed by atoms with Crippen molar-refractivity contribution in [3.63, 3.8) is 0 Å². The smallest absolute Gasteiger partial charge is 0.251 e. The molecule has 0 saturated carbocycles. The van der Waals surface area contributed by atoms with Gasteiger partial charge >= 0.3 is 0 Å². The number of fused-ring (bicyclic) bond motifs is 1. The van der Waals surface area contributed by atoms with E-state index in [0.717, 1.165) is 23.6 Å². The van der Waals surface area contributed by atoms with Gasteiger partial charge in [-0.1, -0.05) is 18.2 Å². The molecule has 0 aliphatic heterocycles. The molecule has 1 amide bonds. The molecule has 3 rings (SSSR count). The van der Waals surface area contributed by atoms with E-state index in [0.29, 0.717) is 24.6 Å². The van der Waals surface area contributed by atoms with E-state index in [1.807, 2.05) is 80.8 Å². The number of hydrogen-bond donors (Lipinski definition) is 3. The van der Waals surface area contributed by atoms with Gasteiger partial charge in [-0.15, -0.1) is 10.2 Å². The predicted octanol–water partition coefficient (Wildman–Crippen LogP) is 2.51. The average molecular weight is 408 g/mol. The van der Waals surface area contributed by atoms with Gasteiger partial charge in [-0.25, -0.2) is 4.99 Å². The summed E-state index contributed by atoms with van der Waals surface area (Å²) in [4.78, 5) is 17.1. The lowest BCUT2D eigenvalue weighted by atomic mass is 10.1. The Kier molecular flexibility index (Phi) is 6.66. The van der Waals surface area contributed by atoms with E-state index in [-0.39, 0.29) is 11.4 Å². The van der Waals surface area contributed by atoms with Crippen LogP contribution >= 0.6 is 0 Å². The first-order valence-electron chi connectivity index (χ1n) is 10.1. The van der Waals surface area contributed by atoms with E-state index in [9.17, 15) is 4.79 Å². The number of hydrogen-bond acceptors (Lipinski definition) is 4. The molecule has 158 valence electrons. The van der Waals surface area contributed by atoms with Crippen molar-refractivity contribution in [2.24, 2.45) is 4.99 Å². The minimum Gasteiger partial charge on any atom is -0.357 e. The molecule has 8 nitrogen and oxygen atoms in total. The molecule has 0 spiro atoms. The van der Waals surface area contributed by atoms with Gasteiger partial charge in [-0.2, -0.15) is 0 Å². The lowest BCUT2D eigenvalue weighted by Crippen LogP contribution is -2.40. The summed E-state index contributed by atoms with van der Waals surface area (Å²) in [5, 5.41) is 17.9. The van der Waals surface area contributed by atoms with E-state index in [2.05, 4.69) is 31.1 Å². The van der Waals surface area contributed by atoms with Crippen LogP contribution in [0.4, 0.5) is 0 Å². The van der Waals surface area contributed by atoms with Gasteiger partial charge < -0.3 is 16.0 Å². The largest absolute Gasteiger partial charge is 0.357 e. The lowest BCUT2D eigenvalue weighted by Gasteiger charge is -2.20. The number of amides is 1. The van der Waals surface area contributed by atoms with Crippen molar-refractivity contribution in [1.82, 2.24) is 30.5 Å². The highest BCUT2D eigenvalue weighted by Gasteiger charge is 2.15. The third-order valence-corrected chi connectivity index (χ3v) is 4.24. The highest BCUT2D eigenvalue weighted by molar-refractivity contribution is 5.94. The van der Waals surface area contributed by atoms with E-state index in [1.165, 1.54) is 0 Å². The molecule has 0 fully saturated rings. The summed E-state index contributed by atoms with van der Waals surface area (Å²) in [6.07, 6.45) is 1.94. The molecular weight excluding hydrogens is 378 g/mol. The van der Waals surface area contributed by atoms with Crippen molar-refractivity contribution in [3.8, 4) is 0 Å². The Morgan fingerprint density at radius 3 is 2.70 bits per heavy atom. The molecule has 1 aromatic carbocycles. The quantitative estimate of drug-likeness (QED) is 0.431. The van der Waals surface area contributed by atoms with Crippen molar-refractivity contribution in [1.29, 1.82) is 0 Å². The Balaban J connectivity index is 1.67. The van der Waals surface area contributed by atoms with E-state index in [4.69, 9.17) is 0 Å². The first kappa shape index (κ1) is 21.3.